The number of rotatable bonds is 2. The Bertz CT molecular complexity index is 278. The van der Waals surface area contributed by atoms with Gasteiger partial charge in [0.1, 0.15) is 0 Å². The molecule has 58 valence electrons. The van der Waals surface area contributed by atoms with E-state index >= 15 is 0 Å². The van der Waals surface area contributed by atoms with Crippen LogP contribution in [0.15, 0.2) is 6.07 Å². The molecule has 0 aliphatic heterocycles. The molecule has 0 saturated carbocycles. The van der Waals surface area contributed by atoms with Crippen molar-refractivity contribution in [2.75, 3.05) is 0 Å². The first kappa shape index (κ1) is 11.2. The average molecular weight is 178 g/mol. The molecule has 0 saturated heterocycles. The quantitative estimate of drug-likeness (QED) is 0.403. The first-order valence-electron chi connectivity index (χ1n) is 2.59. The van der Waals surface area contributed by atoms with Gasteiger partial charge in [0.25, 0.3) is 5.97 Å². The second-order valence-electron chi connectivity index (χ2n) is 1.69. The van der Waals surface area contributed by atoms with Crippen molar-refractivity contribution >= 4 is 23.3 Å². The van der Waals surface area contributed by atoms with Crippen LogP contribution in [0.2, 0.25) is 0 Å². The summed E-state index contributed by atoms with van der Waals surface area (Å²) in [6, 6.07) is 3.47. The maximum atomic E-state index is 10.2. The van der Waals surface area contributed by atoms with Crippen molar-refractivity contribution in [1.82, 2.24) is 0 Å². The van der Waals surface area contributed by atoms with Gasteiger partial charge in [0.2, 0.25) is 5.97 Å². The Hall–Kier alpha value is -0.763. The van der Waals surface area contributed by atoms with Crippen molar-refractivity contribution in [3.05, 3.63) is 21.9 Å². The molecular weight excluding hydrogens is 175 g/mol. The summed E-state index contributed by atoms with van der Waals surface area (Å²) in [5, 5.41) is 16.7. The van der Waals surface area contributed by atoms with Gasteiger partial charge in [0, 0.05) is 4.88 Å². The molecule has 2 N–H and O–H groups in total. The van der Waals surface area contributed by atoms with Gasteiger partial charge in [0.05, 0.1) is 0 Å². The molecule has 0 spiro atoms. The Kier molecular flexibility index (Phi) is 4.04. The molecule has 1 aromatic rings. The fraction of sp³-hybridized carbons (Fsp3) is 0. The van der Waals surface area contributed by atoms with Gasteiger partial charge in [-0.05, 0) is 4.88 Å². The molecule has 0 aliphatic carbocycles. The van der Waals surface area contributed by atoms with Crippen LogP contribution >= 0.6 is 11.3 Å². The van der Waals surface area contributed by atoms with Gasteiger partial charge in [-0.15, -0.1) is 0 Å². The number of aromatic carboxylic acids is 2. The summed E-state index contributed by atoms with van der Waals surface area (Å²) >= 11 is 0.694. The van der Waals surface area contributed by atoms with E-state index < -0.39 is 11.9 Å². The van der Waals surface area contributed by atoms with Crippen molar-refractivity contribution in [3.8, 4) is 0 Å². The predicted molar refractivity (Wildman–Crippen MR) is 37.1 cm³/mol. The zero-order valence-corrected chi connectivity index (χ0v) is 7.01. The fourth-order valence-electron chi connectivity index (χ4n) is 0.511. The fourth-order valence-corrected chi connectivity index (χ4v) is 1.14. The van der Waals surface area contributed by atoms with Crippen molar-refractivity contribution in [2.24, 2.45) is 0 Å². The molecule has 0 fully saturated rings. The molecule has 0 aliphatic rings. The second-order valence-corrected chi connectivity index (χ2v) is 2.75. The molecule has 12 heavy (non-hydrogen) atoms. The van der Waals surface area contributed by atoms with E-state index in [9.17, 15) is 9.59 Å². The summed E-state index contributed by atoms with van der Waals surface area (Å²) in [5.41, 5.74) is 0. The molecule has 4 nitrogen and oxygen atoms in total. The van der Waals surface area contributed by atoms with E-state index in [1.54, 1.807) is 0 Å². The summed E-state index contributed by atoms with van der Waals surface area (Å²) in [7, 11) is 0. The Morgan fingerprint density at radius 3 is 2.17 bits per heavy atom. The summed E-state index contributed by atoms with van der Waals surface area (Å²) in [6.07, 6.45) is 0. The summed E-state index contributed by atoms with van der Waals surface area (Å²) in [5.74, 6) is -2.28. The smallest absolute Gasteiger partial charge is 0.534 e. The number of hydrogen-bond acceptors (Lipinski definition) is 3. The van der Waals surface area contributed by atoms with Gasteiger partial charge in [-0.3, -0.25) is 4.79 Å². The second kappa shape index (κ2) is 4.31. The Balaban J connectivity index is 0.00000121. The number of carbonyl (C=O) groups is 2. The van der Waals surface area contributed by atoms with Gasteiger partial charge >= 0.3 is 18.9 Å². The van der Waals surface area contributed by atoms with Crippen LogP contribution in [-0.4, -0.2) is 22.2 Å². The van der Waals surface area contributed by atoms with Gasteiger partial charge in [0.15, 0.2) is 0 Å². The molecule has 0 radical (unpaired) electrons. The van der Waals surface area contributed by atoms with Crippen LogP contribution < -0.4 is 18.9 Å². The van der Waals surface area contributed by atoms with Gasteiger partial charge in [-0.2, -0.15) is 12.1 Å². The number of carboxylic acids is 2. The maximum absolute atomic E-state index is 10.2. The number of carboxylic acid groups (broad SMARTS) is 2. The third kappa shape index (κ3) is 2.38. The van der Waals surface area contributed by atoms with Gasteiger partial charge < -0.3 is 15.0 Å². The van der Waals surface area contributed by atoms with Crippen molar-refractivity contribution in [3.63, 3.8) is 0 Å². The van der Waals surface area contributed by atoms with E-state index in [-0.39, 0.29) is 28.6 Å². The zero-order chi connectivity index (χ0) is 8.43. The zero-order valence-electron chi connectivity index (χ0n) is 6.20. The van der Waals surface area contributed by atoms with E-state index in [0.29, 0.717) is 11.3 Å². The largest absolute Gasteiger partial charge is 1.00 e. The van der Waals surface area contributed by atoms with E-state index in [2.05, 4.69) is 6.07 Å². The van der Waals surface area contributed by atoms with E-state index in [1.165, 1.54) is 0 Å². The molecular formula is C6H3LiO4S. The van der Waals surface area contributed by atoms with Crippen LogP contribution in [0.5, 0.6) is 0 Å². The molecule has 6 heteroatoms. The molecule has 0 amide bonds. The van der Waals surface area contributed by atoms with Gasteiger partial charge in [-0.25, -0.2) is 11.3 Å². The van der Waals surface area contributed by atoms with Crippen molar-refractivity contribution < 1.29 is 38.7 Å². The monoisotopic (exact) mass is 178 g/mol. The van der Waals surface area contributed by atoms with Crippen LogP contribution in [0.1, 0.15) is 19.3 Å². The third-order valence-electron chi connectivity index (χ3n) is 0.951. The van der Waals surface area contributed by atoms with Crippen LogP contribution in [-0.2, 0) is 0 Å². The van der Waals surface area contributed by atoms with Crippen LogP contribution in [0, 0.1) is 6.07 Å². The first-order valence-corrected chi connectivity index (χ1v) is 3.41. The van der Waals surface area contributed by atoms with Crippen LogP contribution in [0.3, 0.4) is 0 Å². The summed E-state index contributed by atoms with van der Waals surface area (Å²) in [6.45, 7) is 0. The van der Waals surface area contributed by atoms with Crippen LogP contribution in [0.25, 0.3) is 0 Å². The topological polar surface area (TPSA) is 74.6 Å². The standard InChI is InChI=1S/C6H3O4S.Li/c7-5(8)3-1-2-4(11-3)6(9)10;/h1H,(H,7,8)(H,9,10);/q-1;+1. The molecule has 1 aromatic heterocycles. The average Bonchev–Trinajstić information content (AvgIpc) is 2.33. The molecule has 0 bridgehead atoms. The molecule has 0 atom stereocenters. The van der Waals surface area contributed by atoms with Crippen molar-refractivity contribution in [2.45, 2.75) is 0 Å². The Labute approximate surface area is 84.0 Å². The van der Waals surface area contributed by atoms with E-state index in [0.717, 1.165) is 6.07 Å². The minimum Gasteiger partial charge on any atom is -0.534 e. The summed E-state index contributed by atoms with van der Waals surface area (Å²) < 4.78 is 0. The SMILES string of the molecule is O=C(O)c1[c-]cc(C(=O)O)s1.[Li+]. The minimum atomic E-state index is -1.15. The first-order chi connectivity index (χ1) is 5.11. The van der Waals surface area contributed by atoms with Gasteiger partial charge in [-0.1, -0.05) is 0 Å². The van der Waals surface area contributed by atoms with Crippen LogP contribution in [0.4, 0.5) is 0 Å². The number of thiophene rings is 1. The Morgan fingerprint density at radius 1 is 1.33 bits per heavy atom. The molecule has 1 heterocycles. The normalized spacial score (nSPS) is 8.67. The molecule has 0 unspecified atom stereocenters. The van der Waals surface area contributed by atoms with E-state index in [4.69, 9.17) is 10.2 Å². The van der Waals surface area contributed by atoms with E-state index in [1.807, 2.05) is 0 Å². The summed E-state index contributed by atoms with van der Waals surface area (Å²) in [4.78, 5) is 20.4. The Morgan fingerprint density at radius 2 is 1.92 bits per heavy atom. The number of hydrogen-bond donors (Lipinski definition) is 2. The molecule has 1 rings (SSSR count). The third-order valence-corrected chi connectivity index (χ3v) is 1.96. The minimum absolute atomic E-state index is 0. The predicted octanol–water partition coefficient (Wildman–Crippen LogP) is -2.05. The van der Waals surface area contributed by atoms with Crippen molar-refractivity contribution in [1.29, 1.82) is 0 Å². The maximum Gasteiger partial charge on any atom is 1.00 e. The molecule has 0 aromatic carbocycles.